The summed E-state index contributed by atoms with van der Waals surface area (Å²) in [5, 5.41) is 2.79. The standard InChI is InChI=1S/C18H22N2O4S/c1-24-17-11-7-6-10-16(17)20(25(2,22)23)13-12-18(21)19-14-15-8-4-3-5-9-15/h3-11H,12-14H2,1-2H3,(H,19,21). The van der Waals surface area contributed by atoms with Crippen LogP contribution < -0.4 is 14.4 Å². The molecule has 1 N–H and O–H groups in total. The van der Waals surface area contributed by atoms with E-state index in [1.807, 2.05) is 30.3 Å². The third-order valence-corrected chi connectivity index (χ3v) is 4.81. The summed E-state index contributed by atoms with van der Waals surface area (Å²) < 4.78 is 30.7. The van der Waals surface area contributed by atoms with Gasteiger partial charge in [-0.1, -0.05) is 42.5 Å². The highest BCUT2D eigenvalue weighted by Gasteiger charge is 2.21. The lowest BCUT2D eigenvalue weighted by atomic mass is 10.2. The zero-order valence-corrected chi connectivity index (χ0v) is 15.1. The maximum Gasteiger partial charge on any atom is 0.232 e. The summed E-state index contributed by atoms with van der Waals surface area (Å²) >= 11 is 0. The smallest absolute Gasteiger partial charge is 0.232 e. The Hall–Kier alpha value is -2.54. The number of carbonyl (C=O) groups excluding carboxylic acids is 1. The van der Waals surface area contributed by atoms with Gasteiger partial charge in [0.1, 0.15) is 5.75 Å². The van der Waals surface area contributed by atoms with Crippen LogP contribution in [-0.2, 0) is 21.4 Å². The second-order valence-electron chi connectivity index (χ2n) is 5.52. The Labute approximate surface area is 148 Å². The summed E-state index contributed by atoms with van der Waals surface area (Å²) in [6, 6.07) is 16.4. The second-order valence-corrected chi connectivity index (χ2v) is 7.43. The van der Waals surface area contributed by atoms with Crippen molar-refractivity contribution in [3.8, 4) is 5.75 Å². The highest BCUT2D eigenvalue weighted by molar-refractivity contribution is 7.92. The Bertz CT molecular complexity index is 807. The lowest BCUT2D eigenvalue weighted by Gasteiger charge is -2.24. The Morgan fingerprint density at radius 3 is 2.36 bits per heavy atom. The number of hydrogen-bond donors (Lipinski definition) is 1. The summed E-state index contributed by atoms with van der Waals surface area (Å²) in [6.45, 7) is 0.451. The highest BCUT2D eigenvalue weighted by atomic mass is 32.2. The summed E-state index contributed by atoms with van der Waals surface area (Å²) in [5.74, 6) is 0.227. The van der Waals surface area contributed by atoms with E-state index in [2.05, 4.69) is 5.32 Å². The highest BCUT2D eigenvalue weighted by Crippen LogP contribution is 2.29. The first-order chi connectivity index (χ1) is 11.9. The van der Waals surface area contributed by atoms with Gasteiger partial charge in [0.2, 0.25) is 15.9 Å². The molecular weight excluding hydrogens is 340 g/mol. The van der Waals surface area contributed by atoms with Crippen molar-refractivity contribution in [2.75, 3.05) is 24.2 Å². The molecule has 2 rings (SSSR count). The number of carbonyl (C=O) groups is 1. The molecule has 2 aromatic rings. The van der Waals surface area contributed by atoms with Crippen LogP contribution in [0.2, 0.25) is 0 Å². The maximum absolute atomic E-state index is 12.1. The number of nitrogens with one attached hydrogen (secondary N) is 1. The van der Waals surface area contributed by atoms with Gasteiger partial charge in [0, 0.05) is 19.5 Å². The van der Waals surface area contributed by atoms with Gasteiger partial charge in [-0.25, -0.2) is 8.42 Å². The molecule has 0 heterocycles. The van der Waals surface area contributed by atoms with Crippen molar-refractivity contribution < 1.29 is 17.9 Å². The molecule has 0 radical (unpaired) electrons. The minimum Gasteiger partial charge on any atom is -0.495 e. The molecule has 0 aliphatic heterocycles. The summed E-state index contributed by atoms with van der Waals surface area (Å²) in [4.78, 5) is 12.1. The molecular formula is C18H22N2O4S. The molecule has 25 heavy (non-hydrogen) atoms. The number of rotatable bonds is 8. The van der Waals surface area contributed by atoms with Crippen LogP contribution in [0.25, 0.3) is 0 Å². The molecule has 0 spiro atoms. The van der Waals surface area contributed by atoms with E-state index < -0.39 is 10.0 Å². The molecule has 0 aromatic heterocycles. The second kappa shape index (κ2) is 8.53. The van der Waals surface area contributed by atoms with Crippen molar-refractivity contribution >= 4 is 21.6 Å². The van der Waals surface area contributed by atoms with Gasteiger partial charge in [-0.3, -0.25) is 9.10 Å². The molecule has 0 fully saturated rings. The lowest BCUT2D eigenvalue weighted by molar-refractivity contribution is -0.121. The van der Waals surface area contributed by atoms with E-state index in [0.29, 0.717) is 18.0 Å². The third kappa shape index (κ3) is 5.49. The van der Waals surface area contributed by atoms with Crippen molar-refractivity contribution in [1.29, 1.82) is 0 Å². The van der Waals surface area contributed by atoms with Crippen LogP contribution in [0, 0.1) is 0 Å². The van der Waals surface area contributed by atoms with Crippen molar-refractivity contribution in [3.05, 3.63) is 60.2 Å². The number of sulfonamides is 1. The van der Waals surface area contributed by atoms with E-state index in [4.69, 9.17) is 4.74 Å². The predicted octanol–water partition coefficient (Wildman–Crippen LogP) is 2.17. The molecule has 0 saturated carbocycles. The van der Waals surface area contributed by atoms with E-state index in [9.17, 15) is 13.2 Å². The fraction of sp³-hybridized carbons (Fsp3) is 0.278. The van der Waals surface area contributed by atoms with Crippen molar-refractivity contribution in [2.45, 2.75) is 13.0 Å². The summed E-state index contributed by atoms with van der Waals surface area (Å²) in [6.07, 6.45) is 1.17. The van der Waals surface area contributed by atoms with Gasteiger partial charge in [-0.2, -0.15) is 0 Å². The quantitative estimate of drug-likeness (QED) is 0.781. The molecule has 0 aliphatic carbocycles. The molecule has 6 nitrogen and oxygen atoms in total. The average Bonchev–Trinajstić information content (AvgIpc) is 2.60. The number of para-hydroxylation sites is 2. The zero-order valence-electron chi connectivity index (χ0n) is 14.3. The first kappa shape index (κ1) is 18.8. The van der Waals surface area contributed by atoms with Crippen LogP contribution in [0.4, 0.5) is 5.69 Å². The van der Waals surface area contributed by atoms with Crippen molar-refractivity contribution in [1.82, 2.24) is 5.32 Å². The largest absolute Gasteiger partial charge is 0.495 e. The molecule has 1 amide bonds. The maximum atomic E-state index is 12.1. The molecule has 0 bridgehead atoms. The van der Waals surface area contributed by atoms with Crippen LogP contribution >= 0.6 is 0 Å². The first-order valence-corrected chi connectivity index (χ1v) is 9.68. The zero-order chi connectivity index (χ0) is 18.3. The average molecular weight is 362 g/mol. The van der Waals surface area contributed by atoms with Gasteiger partial charge >= 0.3 is 0 Å². The molecule has 2 aromatic carbocycles. The Balaban J connectivity index is 2.02. The van der Waals surface area contributed by atoms with E-state index in [-0.39, 0.29) is 18.9 Å². The lowest BCUT2D eigenvalue weighted by Crippen LogP contribution is -2.34. The molecule has 0 unspecified atom stereocenters. The van der Waals surface area contributed by atoms with E-state index in [1.165, 1.54) is 11.4 Å². The van der Waals surface area contributed by atoms with E-state index >= 15 is 0 Å². The number of hydrogen-bond acceptors (Lipinski definition) is 4. The van der Waals surface area contributed by atoms with Gasteiger partial charge < -0.3 is 10.1 Å². The Morgan fingerprint density at radius 2 is 1.72 bits per heavy atom. The number of nitrogens with zero attached hydrogens (tertiary/aromatic N) is 1. The van der Waals surface area contributed by atoms with Gasteiger partial charge in [0.05, 0.1) is 19.1 Å². The van der Waals surface area contributed by atoms with Gasteiger partial charge in [-0.05, 0) is 17.7 Å². The summed E-state index contributed by atoms with van der Waals surface area (Å²) in [7, 11) is -2.06. The molecule has 7 heteroatoms. The van der Waals surface area contributed by atoms with E-state index in [0.717, 1.165) is 11.8 Å². The molecule has 0 saturated heterocycles. The van der Waals surface area contributed by atoms with Crippen LogP contribution in [0.3, 0.4) is 0 Å². The fourth-order valence-electron chi connectivity index (χ4n) is 2.39. The molecule has 0 aliphatic rings. The Kier molecular flexibility index (Phi) is 6.41. The number of anilines is 1. The van der Waals surface area contributed by atoms with Gasteiger partial charge in [-0.15, -0.1) is 0 Å². The Morgan fingerprint density at radius 1 is 1.08 bits per heavy atom. The van der Waals surface area contributed by atoms with Crippen LogP contribution in [0.15, 0.2) is 54.6 Å². The number of benzene rings is 2. The van der Waals surface area contributed by atoms with Gasteiger partial charge in [0.15, 0.2) is 0 Å². The van der Waals surface area contributed by atoms with Crippen LogP contribution in [0.5, 0.6) is 5.75 Å². The van der Waals surface area contributed by atoms with Gasteiger partial charge in [0.25, 0.3) is 0 Å². The first-order valence-electron chi connectivity index (χ1n) is 7.83. The topological polar surface area (TPSA) is 75.7 Å². The van der Waals surface area contributed by atoms with Crippen LogP contribution in [-0.4, -0.2) is 34.2 Å². The number of amides is 1. The minimum atomic E-state index is -3.54. The number of ether oxygens (including phenoxy) is 1. The van der Waals surface area contributed by atoms with E-state index in [1.54, 1.807) is 24.3 Å². The number of methoxy groups -OCH3 is 1. The van der Waals surface area contributed by atoms with Crippen molar-refractivity contribution in [2.24, 2.45) is 0 Å². The minimum absolute atomic E-state index is 0.0415. The predicted molar refractivity (Wildman–Crippen MR) is 98.1 cm³/mol. The monoisotopic (exact) mass is 362 g/mol. The molecule has 0 atom stereocenters. The van der Waals surface area contributed by atoms with Crippen LogP contribution in [0.1, 0.15) is 12.0 Å². The van der Waals surface area contributed by atoms with Crippen molar-refractivity contribution in [3.63, 3.8) is 0 Å². The molecule has 134 valence electrons. The third-order valence-electron chi connectivity index (χ3n) is 3.63. The SMILES string of the molecule is COc1ccccc1N(CCC(=O)NCc1ccccc1)S(C)(=O)=O. The summed E-state index contributed by atoms with van der Waals surface area (Å²) in [5.41, 5.74) is 1.41. The normalized spacial score (nSPS) is 11.0. The fourth-order valence-corrected chi connectivity index (χ4v) is 3.32.